The zero-order valence-corrected chi connectivity index (χ0v) is 36.5. The van der Waals surface area contributed by atoms with Crippen LogP contribution in [0.1, 0.15) is 11.1 Å². The van der Waals surface area contributed by atoms with Crippen molar-refractivity contribution in [3.05, 3.63) is 224 Å². The van der Waals surface area contributed by atoms with Crippen molar-refractivity contribution in [1.29, 1.82) is 0 Å². The Morgan fingerprint density at radius 1 is 0.435 bits per heavy atom. The Labute approximate surface area is 373 Å². The van der Waals surface area contributed by atoms with E-state index in [0.29, 0.717) is 0 Å². The number of para-hydroxylation sites is 1. The van der Waals surface area contributed by atoms with E-state index in [1.807, 2.05) is 97.2 Å². The average molecular weight is 973 g/mol. The van der Waals surface area contributed by atoms with Crippen molar-refractivity contribution in [2.45, 2.75) is 13.8 Å². The molecule has 0 atom stereocenters. The fourth-order valence-corrected chi connectivity index (χ4v) is 8.27. The number of benzene rings is 8. The first-order valence-electron chi connectivity index (χ1n) is 20.3. The summed E-state index contributed by atoms with van der Waals surface area (Å²) in [5, 5.41) is 12.4. The second-order valence-electron chi connectivity index (χ2n) is 15.0. The maximum Gasteiger partial charge on any atom is 0.120 e. The third-order valence-electron chi connectivity index (χ3n) is 11.0. The van der Waals surface area contributed by atoms with Crippen LogP contribution in [0.15, 0.2) is 199 Å². The summed E-state index contributed by atoms with van der Waals surface area (Å²) in [6, 6.07) is 70.0. The van der Waals surface area contributed by atoms with Crippen LogP contribution in [0.2, 0.25) is 0 Å². The van der Waals surface area contributed by atoms with Gasteiger partial charge in [-0.05, 0) is 84.4 Å². The maximum atomic E-state index is 5.97. The summed E-state index contributed by atoms with van der Waals surface area (Å²) in [6.07, 6.45) is 5.49. The predicted molar refractivity (Wildman–Crippen MR) is 252 cm³/mol. The van der Waals surface area contributed by atoms with Crippen LogP contribution in [0.4, 0.5) is 0 Å². The van der Waals surface area contributed by atoms with E-state index >= 15 is 0 Å². The summed E-state index contributed by atoms with van der Waals surface area (Å²) in [4.78, 5) is 13.3. The largest absolute Gasteiger partial charge is 0.501 e. The fraction of sp³-hybridized carbons (Fsp3) is 0.0351. The molecule has 12 rings (SSSR count). The zero-order chi connectivity index (χ0) is 41.1. The quantitative estimate of drug-likeness (QED) is 0.131. The third-order valence-corrected chi connectivity index (χ3v) is 11.0. The van der Waals surface area contributed by atoms with Gasteiger partial charge in [-0.2, -0.15) is 0 Å². The van der Waals surface area contributed by atoms with Crippen molar-refractivity contribution in [3.63, 3.8) is 0 Å². The van der Waals surface area contributed by atoms with Crippen LogP contribution < -0.4 is 0 Å². The first-order valence-corrected chi connectivity index (χ1v) is 20.3. The molecule has 0 aliphatic rings. The molecule has 5 heteroatoms. The molecule has 62 heavy (non-hydrogen) atoms. The van der Waals surface area contributed by atoms with Crippen LogP contribution in [0, 0.1) is 32.0 Å². The van der Waals surface area contributed by atoms with Gasteiger partial charge >= 0.3 is 0 Å². The van der Waals surface area contributed by atoms with Crippen molar-refractivity contribution < 1.29 is 24.5 Å². The fourth-order valence-electron chi connectivity index (χ4n) is 8.27. The van der Waals surface area contributed by atoms with Gasteiger partial charge in [0.1, 0.15) is 5.58 Å². The minimum absolute atomic E-state index is 0. The molecule has 0 aliphatic carbocycles. The summed E-state index contributed by atoms with van der Waals surface area (Å²) in [5.74, 6) is 0. The van der Waals surface area contributed by atoms with Crippen LogP contribution in [-0.4, -0.2) is 15.0 Å². The number of nitrogens with zero attached hydrogens (tertiary/aromatic N) is 3. The van der Waals surface area contributed by atoms with Crippen LogP contribution in [0.5, 0.6) is 0 Å². The van der Waals surface area contributed by atoms with Gasteiger partial charge in [0.05, 0.1) is 5.58 Å². The Morgan fingerprint density at radius 2 is 1.08 bits per heavy atom. The number of aryl methyl sites for hydroxylation is 2. The summed E-state index contributed by atoms with van der Waals surface area (Å²) >= 11 is 0. The first-order chi connectivity index (χ1) is 30.1. The summed E-state index contributed by atoms with van der Waals surface area (Å²) < 4.78 is 5.97. The number of fused-ring (bicyclic) bond motifs is 10. The molecule has 4 aromatic heterocycles. The van der Waals surface area contributed by atoms with Crippen LogP contribution in [0.25, 0.3) is 98.8 Å². The van der Waals surface area contributed by atoms with Gasteiger partial charge in [-0.3, -0.25) is 0 Å². The summed E-state index contributed by atoms with van der Waals surface area (Å²) in [6.45, 7) is 4.22. The molecule has 0 aliphatic heterocycles. The molecule has 0 spiro atoms. The second kappa shape index (κ2) is 17.7. The van der Waals surface area contributed by atoms with Gasteiger partial charge in [-0.1, -0.05) is 128 Å². The molecule has 0 N–H and O–H groups in total. The Bertz CT molecular complexity index is 3440. The van der Waals surface area contributed by atoms with Crippen LogP contribution in [0.3, 0.4) is 0 Å². The van der Waals surface area contributed by atoms with E-state index in [-0.39, 0.29) is 20.1 Å². The second-order valence-corrected chi connectivity index (χ2v) is 15.0. The molecule has 0 saturated heterocycles. The van der Waals surface area contributed by atoms with Crippen molar-refractivity contribution >= 4 is 65.0 Å². The Hall–Kier alpha value is -7.30. The van der Waals surface area contributed by atoms with Crippen molar-refractivity contribution in [1.82, 2.24) is 15.0 Å². The van der Waals surface area contributed by atoms with Gasteiger partial charge in [0.2, 0.25) is 0 Å². The molecule has 0 bridgehead atoms. The molecule has 12 aromatic rings. The molecule has 1 radical (unpaired) electrons. The van der Waals surface area contributed by atoms with Gasteiger partial charge in [0.25, 0.3) is 0 Å². The third kappa shape index (κ3) is 7.88. The molecule has 0 unspecified atom stereocenters. The van der Waals surface area contributed by atoms with Gasteiger partial charge in [0.15, 0.2) is 0 Å². The van der Waals surface area contributed by atoms with Gasteiger partial charge in [-0.15, -0.1) is 89.0 Å². The molecule has 299 valence electrons. The smallest absolute Gasteiger partial charge is 0.120 e. The molecular weight excluding hydrogens is 935 g/mol. The van der Waals surface area contributed by atoms with Gasteiger partial charge in [0, 0.05) is 44.1 Å². The molecular formula is C57H38IrN3O-3. The van der Waals surface area contributed by atoms with E-state index in [0.717, 1.165) is 61.3 Å². The van der Waals surface area contributed by atoms with E-state index in [4.69, 9.17) is 9.40 Å². The molecule has 8 aromatic carbocycles. The molecule has 0 saturated carbocycles. The number of furan rings is 1. The number of aromatic nitrogens is 3. The van der Waals surface area contributed by atoms with Gasteiger partial charge in [-0.25, -0.2) is 0 Å². The topological polar surface area (TPSA) is 51.8 Å². The maximum absolute atomic E-state index is 5.97. The Balaban J connectivity index is 0.000000131. The van der Waals surface area contributed by atoms with E-state index in [2.05, 4.69) is 127 Å². The summed E-state index contributed by atoms with van der Waals surface area (Å²) in [5.41, 5.74) is 9.99. The average Bonchev–Trinajstić information content (AvgIpc) is 3.71. The van der Waals surface area contributed by atoms with E-state index in [1.165, 1.54) is 48.7 Å². The SMILES string of the molecule is Cc1[c-]c(-c2nccc3c2ccc2c3ccc3c4ccccc4ccc32)cc(C)c1.[Ir].[c-]1ccc2c(oc3ccccc32)c1-c1ccccn1.[c-]1ccccc1-c1ccccn1. The van der Waals surface area contributed by atoms with Crippen LogP contribution >= 0.6 is 0 Å². The zero-order valence-electron chi connectivity index (χ0n) is 34.1. The molecule has 4 nitrogen and oxygen atoms in total. The van der Waals surface area contributed by atoms with E-state index in [9.17, 15) is 0 Å². The normalized spacial score (nSPS) is 10.9. The Morgan fingerprint density at radius 3 is 1.81 bits per heavy atom. The Kier molecular flexibility index (Phi) is 11.5. The number of rotatable bonds is 3. The predicted octanol–water partition coefficient (Wildman–Crippen LogP) is 14.8. The summed E-state index contributed by atoms with van der Waals surface area (Å²) in [7, 11) is 0. The number of pyridine rings is 3. The minimum atomic E-state index is 0. The van der Waals surface area contributed by atoms with Gasteiger partial charge < -0.3 is 19.4 Å². The van der Waals surface area contributed by atoms with E-state index < -0.39 is 0 Å². The number of hydrogen-bond acceptors (Lipinski definition) is 4. The molecule has 0 fully saturated rings. The van der Waals surface area contributed by atoms with Crippen molar-refractivity contribution in [2.24, 2.45) is 0 Å². The van der Waals surface area contributed by atoms with Crippen LogP contribution in [-0.2, 0) is 20.1 Å². The van der Waals surface area contributed by atoms with E-state index in [1.54, 1.807) is 12.4 Å². The minimum Gasteiger partial charge on any atom is -0.501 e. The van der Waals surface area contributed by atoms with Crippen molar-refractivity contribution in [3.8, 4) is 33.8 Å². The first kappa shape index (κ1) is 40.1. The van der Waals surface area contributed by atoms with Crippen molar-refractivity contribution in [2.75, 3.05) is 0 Å². The molecule has 4 heterocycles. The monoisotopic (exact) mass is 973 g/mol. The number of hydrogen-bond donors (Lipinski definition) is 0. The molecule has 0 amide bonds. The standard InChI is InChI=1S/C29H20N.C17H10NO.C11H8N.Ir/c1-18-15-19(2)17-21(16-18)29-28-12-11-25-24-8-7-20-5-3-4-6-22(20)23(24)9-10-26(25)27(28)13-14-30-29;1-2-10-16-12(6-1)13-7-5-8-14(17(13)19-16)15-9-3-4-11-18-15;1-2-6-10(7-3-1)11-8-4-5-9-12-11;/h3-16H,1-2H3;1-7,9-11H;1-6,8-9H;/q3*-1;.